The van der Waals surface area contributed by atoms with E-state index in [0.717, 1.165) is 35.7 Å². The van der Waals surface area contributed by atoms with Crippen molar-refractivity contribution >= 4 is 16.9 Å². The number of aryl methyl sites for hydroxylation is 3. The van der Waals surface area contributed by atoms with E-state index in [4.69, 9.17) is 4.98 Å². The molecule has 0 aliphatic carbocycles. The molecule has 8 nitrogen and oxygen atoms in total. The van der Waals surface area contributed by atoms with Crippen LogP contribution in [0, 0.1) is 20.8 Å². The van der Waals surface area contributed by atoms with Crippen LogP contribution in [0.2, 0.25) is 0 Å². The van der Waals surface area contributed by atoms with Crippen LogP contribution in [0.15, 0.2) is 33.9 Å². The monoisotopic (exact) mass is 434 g/mol. The molecule has 168 valence electrons. The number of rotatable bonds is 4. The van der Waals surface area contributed by atoms with Crippen molar-refractivity contribution in [2.75, 3.05) is 19.6 Å². The average molecular weight is 435 g/mol. The molecule has 0 atom stereocenters. The highest BCUT2D eigenvalue weighted by Crippen LogP contribution is 2.25. The summed E-state index contributed by atoms with van der Waals surface area (Å²) in [5.41, 5.74) is 4.42. The summed E-state index contributed by atoms with van der Waals surface area (Å²) >= 11 is 0. The van der Waals surface area contributed by atoms with Gasteiger partial charge in [-0.1, -0.05) is 18.6 Å². The van der Waals surface area contributed by atoms with Gasteiger partial charge in [-0.3, -0.25) is 22.9 Å². The van der Waals surface area contributed by atoms with E-state index >= 15 is 0 Å². The lowest BCUT2D eigenvalue weighted by Crippen LogP contribution is -2.43. The van der Waals surface area contributed by atoms with Crippen LogP contribution in [-0.2, 0) is 13.6 Å². The van der Waals surface area contributed by atoms with Gasteiger partial charge in [-0.05, 0) is 64.4 Å². The Morgan fingerprint density at radius 2 is 1.72 bits per heavy atom. The maximum Gasteiger partial charge on any atom is 0.332 e. The van der Waals surface area contributed by atoms with Crippen molar-refractivity contribution in [1.82, 2.24) is 28.0 Å². The molecular weight excluding hydrogens is 404 g/mol. The molecular formula is C24H30N6O2. The molecule has 3 aromatic heterocycles. The smallest absolute Gasteiger partial charge is 0.302 e. The van der Waals surface area contributed by atoms with Crippen LogP contribution in [0.1, 0.15) is 36.2 Å². The number of hydrogen-bond acceptors (Lipinski definition) is 4. The molecule has 1 aromatic carbocycles. The van der Waals surface area contributed by atoms with Gasteiger partial charge < -0.3 is 4.90 Å². The largest absolute Gasteiger partial charge is 0.332 e. The van der Waals surface area contributed by atoms with Gasteiger partial charge in [0.05, 0.1) is 0 Å². The molecule has 0 amide bonds. The first-order chi connectivity index (χ1) is 15.4. The van der Waals surface area contributed by atoms with Gasteiger partial charge in [-0.2, -0.15) is 4.98 Å². The molecule has 1 fully saturated rings. The van der Waals surface area contributed by atoms with Gasteiger partial charge in [0.25, 0.3) is 5.56 Å². The molecule has 0 saturated carbocycles. The Labute approximate surface area is 186 Å². The summed E-state index contributed by atoms with van der Waals surface area (Å²) in [5, 5.41) is 0. The second-order valence-electron chi connectivity index (χ2n) is 8.97. The first-order valence-electron chi connectivity index (χ1n) is 11.4. The van der Waals surface area contributed by atoms with Crippen LogP contribution >= 0.6 is 0 Å². The van der Waals surface area contributed by atoms with Gasteiger partial charge in [-0.15, -0.1) is 0 Å². The van der Waals surface area contributed by atoms with Crippen molar-refractivity contribution in [3.8, 4) is 5.69 Å². The molecule has 32 heavy (non-hydrogen) atoms. The van der Waals surface area contributed by atoms with E-state index in [1.165, 1.54) is 28.4 Å². The Balaban J connectivity index is 1.71. The molecule has 0 unspecified atom stereocenters. The molecule has 4 aromatic rings. The number of hydrogen-bond donors (Lipinski definition) is 0. The summed E-state index contributed by atoms with van der Waals surface area (Å²) < 4.78 is 6.86. The summed E-state index contributed by atoms with van der Waals surface area (Å²) in [7, 11) is 1.70. The number of piperidine rings is 1. The zero-order valence-electron chi connectivity index (χ0n) is 19.3. The standard InChI is InChI=1S/C24H30N6O2/c1-16-9-8-10-19(15-16)29-17(2)18(3)30-20-21(25-23(29)30)26(4)24(32)28(22(20)31)14-13-27-11-6-5-7-12-27/h8-10,15H,5-7,11-14H2,1-4H3. The number of nitrogens with zero attached hydrogens (tertiary/aromatic N) is 6. The minimum atomic E-state index is -0.309. The first kappa shape index (κ1) is 20.8. The molecule has 0 spiro atoms. The molecule has 0 radical (unpaired) electrons. The average Bonchev–Trinajstić information content (AvgIpc) is 3.28. The van der Waals surface area contributed by atoms with E-state index in [1.807, 2.05) is 30.4 Å². The molecule has 5 rings (SSSR count). The maximum atomic E-state index is 13.6. The summed E-state index contributed by atoms with van der Waals surface area (Å²) in [5.74, 6) is 0.654. The normalized spacial score (nSPS) is 15.2. The van der Waals surface area contributed by atoms with Crippen LogP contribution in [0.4, 0.5) is 0 Å². The first-order valence-corrected chi connectivity index (χ1v) is 11.4. The lowest BCUT2D eigenvalue weighted by Gasteiger charge is -2.26. The van der Waals surface area contributed by atoms with Crippen LogP contribution in [0.3, 0.4) is 0 Å². The number of likely N-dealkylation sites (tertiary alicyclic amines) is 1. The quantitative estimate of drug-likeness (QED) is 0.495. The predicted molar refractivity (Wildman–Crippen MR) is 126 cm³/mol. The SMILES string of the molecule is Cc1cccc(-n2c(C)c(C)n3c4c(=O)n(CCN5CCCCC5)c(=O)n(C)c4nc23)c1. The highest BCUT2D eigenvalue weighted by molar-refractivity contribution is 5.77. The summed E-state index contributed by atoms with van der Waals surface area (Å²) in [6.45, 7) is 9.26. The minimum Gasteiger partial charge on any atom is -0.302 e. The highest BCUT2D eigenvalue weighted by Gasteiger charge is 2.23. The Kier molecular flexibility index (Phi) is 5.04. The van der Waals surface area contributed by atoms with E-state index in [9.17, 15) is 9.59 Å². The van der Waals surface area contributed by atoms with Gasteiger partial charge in [0.15, 0.2) is 11.2 Å². The molecule has 1 aliphatic rings. The molecule has 8 heteroatoms. The van der Waals surface area contributed by atoms with Crippen LogP contribution in [0.5, 0.6) is 0 Å². The van der Waals surface area contributed by atoms with Crippen molar-refractivity contribution in [3.05, 3.63) is 62.1 Å². The predicted octanol–water partition coefficient (Wildman–Crippen LogP) is 2.55. The summed E-state index contributed by atoms with van der Waals surface area (Å²) in [4.78, 5) is 33.8. The van der Waals surface area contributed by atoms with Crippen LogP contribution < -0.4 is 11.2 Å². The van der Waals surface area contributed by atoms with Gasteiger partial charge in [-0.25, -0.2) is 4.79 Å². The van der Waals surface area contributed by atoms with Crippen molar-refractivity contribution in [2.45, 2.75) is 46.6 Å². The highest BCUT2D eigenvalue weighted by atomic mass is 16.2. The lowest BCUT2D eigenvalue weighted by molar-refractivity contribution is 0.218. The van der Waals surface area contributed by atoms with E-state index in [2.05, 4.69) is 28.5 Å². The van der Waals surface area contributed by atoms with Gasteiger partial charge in [0.1, 0.15) is 0 Å². The zero-order chi connectivity index (χ0) is 22.6. The maximum absolute atomic E-state index is 13.6. The fourth-order valence-electron chi connectivity index (χ4n) is 4.95. The number of aromatic nitrogens is 5. The summed E-state index contributed by atoms with van der Waals surface area (Å²) in [6, 6.07) is 8.21. The van der Waals surface area contributed by atoms with E-state index in [0.29, 0.717) is 30.0 Å². The Morgan fingerprint density at radius 3 is 2.44 bits per heavy atom. The fraction of sp³-hybridized carbons (Fsp3) is 0.458. The third kappa shape index (κ3) is 3.12. The Morgan fingerprint density at radius 1 is 0.969 bits per heavy atom. The fourth-order valence-corrected chi connectivity index (χ4v) is 4.95. The Hall–Kier alpha value is -3.13. The van der Waals surface area contributed by atoms with Crippen LogP contribution in [0.25, 0.3) is 22.6 Å². The van der Waals surface area contributed by atoms with Crippen molar-refractivity contribution in [3.63, 3.8) is 0 Å². The van der Waals surface area contributed by atoms with E-state index < -0.39 is 0 Å². The second-order valence-corrected chi connectivity index (χ2v) is 8.97. The van der Waals surface area contributed by atoms with Crippen molar-refractivity contribution in [2.24, 2.45) is 7.05 Å². The number of imidazole rings is 2. The van der Waals surface area contributed by atoms with Gasteiger partial charge in [0, 0.05) is 37.2 Å². The third-order valence-corrected chi connectivity index (χ3v) is 6.87. The van der Waals surface area contributed by atoms with Gasteiger partial charge in [0.2, 0.25) is 5.78 Å². The van der Waals surface area contributed by atoms with Crippen molar-refractivity contribution in [1.29, 1.82) is 0 Å². The molecule has 0 N–H and O–H groups in total. The molecule has 1 saturated heterocycles. The minimum absolute atomic E-state index is 0.267. The second kappa shape index (κ2) is 7.78. The Bertz CT molecular complexity index is 1450. The van der Waals surface area contributed by atoms with Gasteiger partial charge >= 0.3 is 5.69 Å². The van der Waals surface area contributed by atoms with E-state index in [1.54, 1.807) is 7.05 Å². The number of benzene rings is 1. The molecule has 4 heterocycles. The van der Waals surface area contributed by atoms with Crippen LogP contribution in [-0.4, -0.2) is 47.6 Å². The molecule has 0 bridgehead atoms. The van der Waals surface area contributed by atoms with Crippen molar-refractivity contribution < 1.29 is 0 Å². The zero-order valence-corrected chi connectivity index (χ0v) is 19.3. The lowest BCUT2D eigenvalue weighted by atomic mass is 10.1. The number of fused-ring (bicyclic) bond motifs is 3. The summed E-state index contributed by atoms with van der Waals surface area (Å²) in [6.07, 6.45) is 3.62. The third-order valence-electron chi connectivity index (χ3n) is 6.87. The molecule has 1 aliphatic heterocycles. The van der Waals surface area contributed by atoms with E-state index in [-0.39, 0.29) is 11.2 Å². The topological polar surface area (TPSA) is 69.5 Å².